The highest BCUT2D eigenvalue weighted by molar-refractivity contribution is 9.10. The summed E-state index contributed by atoms with van der Waals surface area (Å²) < 4.78 is 5.12. The molecule has 0 unspecified atom stereocenters. The summed E-state index contributed by atoms with van der Waals surface area (Å²) in [6.45, 7) is 1.80. The van der Waals surface area contributed by atoms with Crippen LogP contribution in [0.5, 0.6) is 0 Å². The molecule has 16 heavy (non-hydrogen) atoms. The van der Waals surface area contributed by atoms with Gasteiger partial charge in [0.05, 0.1) is 12.7 Å². The minimum Gasteiger partial charge on any atom is -0.468 e. The number of ether oxygens (including phenoxy) is 1. The summed E-state index contributed by atoms with van der Waals surface area (Å²) >= 11 is 3.29. The van der Waals surface area contributed by atoms with Crippen molar-refractivity contribution in [2.75, 3.05) is 13.7 Å². The lowest BCUT2D eigenvalue weighted by Gasteiger charge is -2.06. The monoisotopic (exact) mass is 285 g/mol. The molecule has 0 aliphatic carbocycles. The van der Waals surface area contributed by atoms with Crippen LogP contribution in [0.1, 0.15) is 15.9 Å². The largest absolute Gasteiger partial charge is 0.468 e. The van der Waals surface area contributed by atoms with E-state index in [0.29, 0.717) is 10.0 Å². The van der Waals surface area contributed by atoms with Crippen LogP contribution in [0, 0.1) is 6.92 Å². The highest BCUT2D eigenvalue weighted by atomic mass is 79.9. The van der Waals surface area contributed by atoms with E-state index in [1.807, 2.05) is 19.1 Å². The van der Waals surface area contributed by atoms with Crippen LogP contribution >= 0.6 is 15.9 Å². The van der Waals surface area contributed by atoms with Gasteiger partial charge in [-0.2, -0.15) is 0 Å². The Bertz CT molecular complexity index is 418. The molecule has 0 fully saturated rings. The van der Waals surface area contributed by atoms with Gasteiger partial charge >= 0.3 is 5.97 Å². The first-order valence-corrected chi connectivity index (χ1v) is 5.45. The van der Waals surface area contributed by atoms with Gasteiger partial charge in [-0.15, -0.1) is 0 Å². The van der Waals surface area contributed by atoms with Gasteiger partial charge in [-0.3, -0.25) is 9.59 Å². The molecule has 86 valence electrons. The summed E-state index contributed by atoms with van der Waals surface area (Å²) in [5.74, 6) is -0.783. The van der Waals surface area contributed by atoms with E-state index >= 15 is 0 Å². The summed E-state index contributed by atoms with van der Waals surface area (Å²) in [7, 11) is 1.27. The van der Waals surface area contributed by atoms with Gasteiger partial charge in [0, 0.05) is 4.47 Å². The Morgan fingerprint density at radius 3 is 2.69 bits per heavy atom. The van der Waals surface area contributed by atoms with E-state index in [0.717, 1.165) is 5.56 Å². The number of nitrogens with one attached hydrogen (secondary N) is 1. The molecular formula is C11H12BrNO3. The average molecular weight is 286 g/mol. The maximum Gasteiger partial charge on any atom is 0.325 e. The second kappa shape index (κ2) is 5.65. The second-order valence-electron chi connectivity index (χ2n) is 3.24. The van der Waals surface area contributed by atoms with Crippen molar-refractivity contribution in [2.24, 2.45) is 0 Å². The number of rotatable bonds is 3. The molecule has 0 aliphatic rings. The highest BCUT2D eigenvalue weighted by Gasteiger charge is 2.11. The Hall–Kier alpha value is -1.36. The third kappa shape index (κ3) is 3.34. The second-order valence-corrected chi connectivity index (χ2v) is 4.10. The molecule has 0 saturated carbocycles. The van der Waals surface area contributed by atoms with Crippen LogP contribution in [-0.4, -0.2) is 25.5 Å². The summed E-state index contributed by atoms with van der Waals surface area (Å²) in [6.07, 6.45) is 0. The predicted molar refractivity (Wildman–Crippen MR) is 63.2 cm³/mol. The summed E-state index contributed by atoms with van der Waals surface area (Å²) in [5.41, 5.74) is 1.55. The molecule has 1 rings (SSSR count). The lowest BCUT2D eigenvalue weighted by Crippen LogP contribution is -2.30. The van der Waals surface area contributed by atoms with Crippen molar-refractivity contribution in [2.45, 2.75) is 6.92 Å². The first kappa shape index (κ1) is 12.7. The SMILES string of the molecule is COC(=O)CNC(=O)c1ccc(C)cc1Br. The number of carbonyl (C=O) groups is 2. The summed E-state index contributed by atoms with van der Waals surface area (Å²) in [4.78, 5) is 22.5. The molecule has 1 aromatic carbocycles. The lowest BCUT2D eigenvalue weighted by atomic mass is 10.1. The zero-order chi connectivity index (χ0) is 12.1. The molecule has 0 aromatic heterocycles. The van der Waals surface area contributed by atoms with Crippen molar-refractivity contribution in [3.05, 3.63) is 33.8 Å². The smallest absolute Gasteiger partial charge is 0.325 e. The zero-order valence-electron chi connectivity index (χ0n) is 9.04. The number of esters is 1. The number of benzene rings is 1. The van der Waals surface area contributed by atoms with Crippen LogP contribution < -0.4 is 5.32 Å². The van der Waals surface area contributed by atoms with Gasteiger partial charge in [0.1, 0.15) is 6.54 Å². The predicted octanol–water partition coefficient (Wildman–Crippen LogP) is 1.66. The van der Waals surface area contributed by atoms with Gasteiger partial charge < -0.3 is 10.1 Å². The molecule has 0 saturated heterocycles. The van der Waals surface area contributed by atoms with Crippen LogP contribution in [0.15, 0.2) is 22.7 Å². The first-order valence-electron chi connectivity index (χ1n) is 4.65. The van der Waals surface area contributed by atoms with Crippen LogP contribution in [0.3, 0.4) is 0 Å². The van der Waals surface area contributed by atoms with E-state index in [-0.39, 0.29) is 12.5 Å². The highest BCUT2D eigenvalue weighted by Crippen LogP contribution is 2.17. The molecule has 0 bridgehead atoms. The maximum absolute atomic E-state index is 11.6. The van der Waals surface area contributed by atoms with Gasteiger partial charge in [-0.25, -0.2) is 0 Å². The van der Waals surface area contributed by atoms with E-state index in [1.165, 1.54) is 7.11 Å². The van der Waals surface area contributed by atoms with E-state index in [9.17, 15) is 9.59 Å². The van der Waals surface area contributed by atoms with Crippen molar-refractivity contribution in [1.82, 2.24) is 5.32 Å². The van der Waals surface area contributed by atoms with Crippen LogP contribution in [-0.2, 0) is 9.53 Å². The molecule has 1 N–H and O–H groups in total. The van der Waals surface area contributed by atoms with Crippen LogP contribution in [0.25, 0.3) is 0 Å². The number of amides is 1. The molecule has 1 aromatic rings. The number of methoxy groups -OCH3 is 1. The topological polar surface area (TPSA) is 55.4 Å². The summed E-state index contributed by atoms with van der Waals surface area (Å²) in [6, 6.07) is 5.37. The quantitative estimate of drug-likeness (QED) is 0.860. The van der Waals surface area contributed by atoms with Crippen molar-refractivity contribution < 1.29 is 14.3 Å². The molecule has 0 radical (unpaired) electrons. The van der Waals surface area contributed by atoms with Gasteiger partial charge in [0.25, 0.3) is 5.91 Å². The standard InChI is InChI=1S/C11H12BrNO3/c1-7-3-4-8(9(12)5-7)11(15)13-6-10(14)16-2/h3-5H,6H2,1-2H3,(H,13,15). The normalized spacial score (nSPS) is 9.69. The fraction of sp³-hybridized carbons (Fsp3) is 0.273. The average Bonchev–Trinajstić information content (AvgIpc) is 2.25. The molecule has 0 spiro atoms. The van der Waals surface area contributed by atoms with E-state index in [2.05, 4.69) is 26.0 Å². The van der Waals surface area contributed by atoms with E-state index < -0.39 is 5.97 Å². The Kier molecular flexibility index (Phi) is 4.49. The van der Waals surface area contributed by atoms with Crippen molar-refractivity contribution >= 4 is 27.8 Å². The zero-order valence-corrected chi connectivity index (χ0v) is 10.6. The van der Waals surface area contributed by atoms with Crippen molar-refractivity contribution in [1.29, 1.82) is 0 Å². The fourth-order valence-corrected chi connectivity index (χ4v) is 1.80. The molecular weight excluding hydrogens is 274 g/mol. The third-order valence-electron chi connectivity index (χ3n) is 1.99. The number of aryl methyl sites for hydroxylation is 1. The molecule has 1 amide bonds. The van der Waals surface area contributed by atoms with Crippen molar-refractivity contribution in [3.63, 3.8) is 0 Å². The number of hydrogen-bond donors (Lipinski definition) is 1. The Balaban J connectivity index is 2.70. The molecule has 0 aliphatic heterocycles. The Labute approximate surface area is 102 Å². The Morgan fingerprint density at radius 2 is 2.12 bits per heavy atom. The minimum absolute atomic E-state index is 0.129. The molecule has 0 heterocycles. The maximum atomic E-state index is 11.6. The van der Waals surface area contributed by atoms with Gasteiger partial charge in [0.15, 0.2) is 0 Å². The molecule has 0 atom stereocenters. The van der Waals surface area contributed by atoms with Gasteiger partial charge in [0.2, 0.25) is 0 Å². The Morgan fingerprint density at radius 1 is 1.44 bits per heavy atom. The molecule has 4 nitrogen and oxygen atoms in total. The minimum atomic E-state index is -0.475. The van der Waals surface area contributed by atoms with Gasteiger partial charge in [-0.05, 0) is 40.5 Å². The number of halogens is 1. The molecule has 5 heteroatoms. The van der Waals surface area contributed by atoms with Gasteiger partial charge in [-0.1, -0.05) is 6.07 Å². The van der Waals surface area contributed by atoms with Crippen LogP contribution in [0.2, 0.25) is 0 Å². The van der Waals surface area contributed by atoms with E-state index in [4.69, 9.17) is 0 Å². The lowest BCUT2D eigenvalue weighted by molar-refractivity contribution is -0.139. The first-order chi connectivity index (χ1) is 7.54. The van der Waals surface area contributed by atoms with Crippen molar-refractivity contribution in [3.8, 4) is 0 Å². The van der Waals surface area contributed by atoms with Crippen LogP contribution in [0.4, 0.5) is 0 Å². The van der Waals surface area contributed by atoms with E-state index in [1.54, 1.807) is 6.07 Å². The number of hydrogen-bond acceptors (Lipinski definition) is 3. The summed E-state index contributed by atoms with van der Waals surface area (Å²) in [5, 5.41) is 2.47. The third-order valence-corrected chi connectivity index (χ3v) is 2.65. The fourth-order valence-electron chi connectivity index (χ4n) is 1.12. The number of carbonyl (C=O) groups excluding carboxylic acids is 2.